The molecule has 0 spiro atoms. The molecule has 1 fully saturated rings. The highest BCUT2D eigenvalue weighted by Crippen LogP contribution is 2.13. The molecule has 32 heavy (non-hydrogen) atoms. The van der Waals surface area contributed by atoms with Gasteiger partial charge in [-0.3, -0.25) is 4.79 Å². The van der Waals surface area contributed by atoms with Crippen LogP contribution in [0.1, 0.15) is 129 Å². The average molecular weight is 455 g/mol. The van der Waals surface area contributed by atoms with Crippen molar-refractivity contribution in [3.05, 3.63) is 0 Å². The van der Waals surface area contributed by atoms with E-state index < -0.39 is 12.0 Å². The number of hydrogen-bond donors (Lipinski definition) is 1. The lowest BCUT2D eigenvalue weighted by atomic mass is 10.1. The molecule has 190 valence electrons. The lowest BCUT2D eigenvalue weighted by Crippen LogP contribution is -2.42. The maximum absolute atomic E-state index is 10.4. The molecule has 1 N–H and O–H groups in total. The Hall–Kier alpha value is -1.10. The van der Waals surface area contributed by atoms with E-state index in [-0.39, 0.29) is 5.91 Å². The predicted octanol–water partition coefficient (Wildman–Crippen LogP) is 5.36. The normalized spacial score (nSPS) is 15.9. The summed E-state index contributed by atoms with van der Waals surface area (Å²) in [7, 11) is 4.87. The van der Waals surface area contributed by atoms with Gasteiger partial charge in [-0.1, -0.05) is 90.9 Å². The molecule has 1 heterocycles. The summed E-state index contributed by atoms with van der Waals surface area (Å²) in [4.78, 5) is 20.4. The lowest BCUT2D eigenvalue weighted by molar-refractivity contribution is -0.890. The summed E-state index contributed by atoms with van der Waals surface area (Å²) < 4.78 is 1.24. The molecule has 0 aliphatic carbocycles. The van der Waals surface area contributed by atoms with E-state index in [2.05, 4.69) is 33.3 Å². The van der Waals surface area contributed by atoms with Crippen LogP contribution in [0.3, 0.4) is 0 Å². The number of aliphatic carboxylic acids is 1. The second kappa shape index (κ2) is 20.5. The fourth-order valence-corrected chi connectivity index (χ4v) is 4.25. The predicted molar refractivity (Wildman–Crippen MR) is 133 cm³/mol. The Morgan fingerprint density at radius 1 is 0.781 bits per heavy atom. The van der Waals surface area contributed by atoms with Crippen LogP contribution >= 0.6 is 0 Å². The number of hydrogen-bond acceptors (Lipinski definition) is 3. The summed E-state index contributed by atoms with van der Waals surface area (Å²) in [5.74, 6) is -1.40. The van der Waals surface area contributed by atoms with Gasteiger partial charge in [-0.15, -0.1) is 0 Å². The van der Waals surface area contributed by atoms with Crippen molar-refractivity contribution in [2.24, 2.45) is 0 Å². The van der Waals surface area contributed by atoms with Crippen molar-refractivity contribution in [3.8, 4) is 0 Å². The fraction of sp³-hybridized carbons (Fsp3) is 0.926. The Labute approximate surface area is 199 Å². The minimum atomic E-state index is -1.19. The van der Waals surface area contributed by atoms with Crippen LogP contribution in [0.25, 0.3) is 0 Å². The molecule has 0 radical (unpaired) electrons. The molecule has 1 aliphatic rings. The lowest BCUT2D eigenvalue weighted by Gasteiger charge is -2.30. The minimum absolute atomic E-state index is 0.204. The van der Waals surface area contributed by atoms with E-state index in [1.807, 2.05) is 0 Å². The molecule has 1 atom stereocenters. The molecule has 1 unspecified atom stereocenters. The number of carbonyl (C=O) groups excluding carboxylic acids is 2. The van der Waals surface area contributed by atoms with Gasteiger partial charge in [0.2, 0.25) is 5.91 Å². The van der Waals surface area contributed by atoms with Gasteiger partial charge in [0.25, 0.3) is 0 Å². The smallest absolute Gasteiger partial charge is 0.220 e. The monoisotopic (exact) mass is 454 g/mol. The molecule has 0 saturated carbocycles. The third kappa shape index (κ3) is 19.6. The van der Waals surface area contributed by atoms with Crippen molar-refractivity contribution in [1.29, 1.82) is 0 Å². The van der Waals surface area contributed by atoms with E-state index in [1.165, 1.54) is 120 Å². The molecule has 1 amide bonds. The number of carbonyl (C=O) groups is 2. The number of carboxylic acid groups (broad SMARTS) is 1. The third-order valence-corrected chi connectivity index (χ3v) is 6.51. The van der Waals surface area contributed by atoms with Crippen LogP contribution in [0.2, 0.25) is 0 Å². The van der Waals surface area contributed by atoms with Crippen LogP contribution in [0.15, 0.2) is 0 Å². The van der Waals surface area contributed by atoms with Crippen LogP contribution in [0, 0.1) is 0 Å². The molecule has 1 aliphatic heterocycles. The van der Waals surface area contributed by atoms with Crippen LogP contribution in [-0.4, -0.2) is 49.6 Å². The van der Waals surface area contributed by atoms with E-state index in [4.69, 9.17) is 0 Å². The van der Waals surface area contributed by atoms with Crippen molar-refractivity contribution >= 4 is 11.9 Å². The van der Waals surface area contributed by atoms with Crippen LogP contribution < -0.4 is 10.4 Å². The van der Waals surface area contributed by atoms with E-state index >= 15 is 0 Å². The van der Waals surface area contributed by atoms with Gasteiger partial charge in [-0.25, -0.2) is 0 Å². The Balaban J connectivity index is 0.000000879. The Morgan fingerprint density at radius 3 is 1.44 bits per heavy atom. The third-order valence-electron chi connectivity index (χ3n) is 6.51. The second-order valence-corrected chi connectivity index (χ2v) is 10.3. The highest BCUT2D eigenvalue weighted by atomic mass is 16.4. The molecule has 0 aromatic carbocycles. The molecule has 5 heteroatoms. The molecule has 0 aromatic rings. The average Bonchev–Trinajstić information content (AvgIpc) is 3.19. The van der Waals surface area contributed by atoms with Gasteiger partial charge in [-0.2, -0.15) is 0 Å². The molecule has 0 aromatic heterocycles. The fourth-order valence-electron chi connectivity index (χ4n) is 4.25. The number of rotatable bonds is 19. The van der Waals surface area contributed by atoms with Crippen molar-refractivity contribution in [2.75, 3.05) is 27.2 Å². The quantitative estimate of drug-likeness (QED) is 0.211. The first-order valence-electron chi connectivity index (χ1n) is 13.6. The summed E-state index contributed by atoms with van der Waals surface area (Å²) in [5, 5.41) is 12.3. The van der Waals surface area contributed by atoms with Crippen molar-refractivity contribution in [1.82, 2.24) is 5.32 Å². The summed E-state index contributed by atoms with van der Waals surface area (Å²) in [6.07, 6.45) is 23.7. The highest BCUT2D eigenvalue weighted by Gasteiger charge is 2.20. The SMILES string of the molecule is CCCCCCCCCC[N+](C)(C)CCCCCCCCCC.O=C1CCC(C(=O)[O-])N1. The number of nitrogens with one attached hydrogen (secondary N) is 1. The Bertz CT molecular complexity index is 444. The van der Waals surface area contributed by atoms with E-state index in [9.17, 15) is 14.7 Å². The number of carboxylic acids is 1. The van der Waals surface area contributed by atoms with E-state index in [1.54, 1.807) is 0 Å². The van der Waals surface area contributed by atoms with Gasteiger partial charge in [-0.05, 0) is 32.1 Å². The first-order chi connectivity index (χ1) is 15.3. The molecular formula is C27H54N2O3. The zero-order valence-electron chi connectivity index (χ0n) is 21.9. The van der Waals surface area contributed by atoms with Crippen molar-refractivity contribution in [2.45, 2.75) is 135 Å². The largest absolute Gasteiger partial charge is 0.548 e. The Morgan fingerprint density at radius 2 is 1.16 bits per heavy atom. The van der Waals surface area contributed by atoms with Crippen LogP contribution in [0.5, 0.6) is 0 Å². The molecule has 5 nitrogen and oxygen atoms in total. The van der Waals surface area contributed by atoms with Crippen LogP contribution in [-0.2, 0) is 9.59 Å². The second-order valence-electron chi connectivity index (χ2n) is 10.3. The highest BCUT2D eigenvalue weighted by molar-refractivity contribution is 5.86. The van der Waals surface area contributed by atoms with Gasteiger partial charge in [0, 0.05) is 6.42 Å². The number of unbranched alkanes of at least 4 members (excludes halogenated alkanes) is 14. The summed E-state index contributed by atoms with van der Waals surface area (Å²) in [5.41, 5.74) is 0. The van der Waals surface area contributed by atoms with Gasteiger partial charge in [0.05, 0.1) is 39.2 Å². The van der Waals surface area contributed by atoms with E-state index in [0.717, 1.165) is 0 Å². The topological polar surface area (TPSA) is 69.2 Å². The zero-order chi connectivity index (χ0) is 24.1. The van der Waals surface area contributed by atoms with Crippen LogP contribution in [0.4, 0.5) is 0 Å². The summed E-state index contributed by atoms with van der Waals surface area (Å²) in [6, 6.07) is -0.752. The molecule has 0 bridgehead atoms. The molecular weight excluding hydrogens is 400 g/mol. The summed E-state index contributed by atoms with van der Waals surface area (Å²) >= 11 is 0. The number of quaternary nitrogens is 1. The summed E-state index contributed by atoms with van der Waals surface area (Å²) in [6.45, 7) is 7.36. The van der Waals surface area contributed by atoms with Crippen molar-refractivity contribution in [3.63, 3.8) is 0 Å². The Kier molecular flexibility index (Phi) is 19.8. The number of amides is 1. The van der Waals surface area contributed by atoms with Gasteiger partial charge >= 0.3 is 0 Å². The molecule has 1 rings (SSSR count). The maximum Gasteiger partial charge on any atom is 0.220 e. The first-order valence-corrected chi connectivity index (χ1v) is 13.6. The van der Waals surface area contributed by atoms with Gasteiger partial charge < -0.3 is 19.7 Å². The standard InChI is InChI=1S/C22H48N.C5H7NO3/c1-5-7-9-11-13-15-17-19-21-23(3,4)22-20-18-16-14-12-10-8-6-2;7-4-2-1-3(6-4)5(8)9/h5-22H2,1-4H3;3H,1-2H2,(H,6,7)(H,8,9)/q+1;/p-1. The minimum Gasteiger partial charge on any atom is -0.548 e. The molecule has 1 saturated heterocycles. The van der Waals surface area contributed by atoms with Crippen molar-refractivity contribution < 1.29 is 19.2 Å². The maximum atomic E-state index is 10.4. The number of nitrogens with zero attached hydrogens (tertiary/aromatic N) is 1. The first kappa shape index (κ1) is 30.9. The zero-order valence-corrected chi connectivity index (χ0v) is 21.9. The van der Waals surface area contributed by atoms with Gasteiger partial charge in [0.1, 0.15) is 0 Å². The van der Waals surface area contributed by atoms with E-state index in [0.29, 0.717) is 12.8 Å². The van der Waals surface area contributed by atoms with Gasteiger partial charge in [0.15, 0.2) is 0 Å².